The number of imide groups is 1. The fourth-order valence-electron chi connectivity index (χ4n) is 5.48. The van der Waals surface area contributed by atoms with Gasteiger partial charge in [-0.3, -0.25) is 19.7 Å². The first-order valence-electron chi connectivity index (χ1n) is 9.51. The van der Waals surface area contributed by atoms with Crippen LogP contribution in [0, 0.1) is 17.7 Å². The monoisotopic (exact) mass is 394 g/mol. The van der Waals surface area contributed by atoms with Gasteiger partial charge in [-0.05, 0) is 42.7 Å². The average Bonchev–Trinajstić information content (AvgIpc) is 3.37. The molecule has 0 saturated carbocycles. The van der Waals surface area contributed by atoms with Crippen molar-refractivity contribution in [2.45, 2.75) is 23.9 Å². The molecule has 148 valence electrons. The SMILES string of the molecule is COC(=O)[C@]12CC[C@](c3ccc(F)cc3)(N1)[C@@H]1C(=O)N(c3ccccc3)C(=O)[C@@H]12. The Bertz CT molecular complexity index is 1020. The van der Waals surface area contributed by atoms with Crippen molar-refractivity contribution in [1.82, 2.24) is 5.32 Å². The van der Waals surface area contributed by atoms with Gasteiger partial charge in [0.05, 0.1) is 30.2 Å². The minimum atomic E-state index is -1.27. The van der Waals surface area contributed by atoms with Crippen LogP contribution in [0.25, 0.3) is 0 Å². The quantitative estimate of drug-likeness (QED) is 0.638. The molecule has 2 aromatic carbocycles. The van der Waals surface area contributed by atoms with Gasteiger partial charge >= 0.3 is 5.97 Å². The zero-order valence-corrected chi connectivity index (χ0v) is 15.7. The Balaban J connectivity index is 1.69. The van der Waals surface area contributed by atoms with Crippen LogP contribution in [-0.2, 0) is 24.7 Å². The second-order valence-electron chi connectivity index (χ2n) is 7.87. The zero-order valence-electron chi connectivity index (χ0n) is 15.7. The largest absolute Gasteiger partial charge is 0.468 e. The molecule has 29 heavy (non-hydrogen) atoms. The fourth-order valence-corrected chi connectivity index (χ4v) is 5.48. The van der Waals surface area contributed by atoms with Crippen molar-refractivity contribution in [2.75, 3.05) is 12.0 Å². The number of anilines is 1. The van der Waals surface area contributed by atoms with Crippen molar-refractivity contribution in [1.29, 1.82) is 0 Å². The molecule has 5 rings (SSSR count). The molecule has 0 spiro atoms. The van der Waals surface area contributed by atoms with E-state index >= 15 is 0 Å². The lowest BCUT2D eigenvalue weighted by atomic mass is 9.65. The molecule has 2 amide bonds. The zero-order chi connectivity index (χ0) is 20.4. The summed E-state index contributed by atoms with van der Waals surface area (Å²) in [5.41, 5.74) is -1.04. The summed E-state index contributed by atoms with van der Waals surface area (Å²) in [5.74, 6) is -3.35. The molecule has 6 nitrogen and oxygen atoms in total. The van der Waals surface area contributed by atoms with Crippen LogP contribution < -0.4 is 10.2 Å². The van der Waals surface area contributed by atoms with Gasteiger partial charge in [-0.2, -0.15) is 0 Å². The van der Waals surface area contributed by atoms with Crippen LogP contribution in [0.15, 0.2) is 54.6 Å². The van der Waals surface area contributed by atoms with E-state index in [0.717, 1.165) is 0 Å². The highest BCUT2D eigenvalue weighted by Gasteiger charge is 2.77. The predicted octanol–water partition coefficient (Wildman–Crippen LogP) is 2.14. The van der Waals surface area contributed by atoms with Gasteiger partial charge in [0.25, 0.3) is 0 Å². The summed E-state index contributed by atoms with van der Waals surface area (Å²) in [6, 6.07) is 14.6. The fraction of sp³-hybridized carbons (Fsp3) is 0.318. The van der Waals surface area contributed by atoms with E-state index in [4.69, 9.17) is 4.74 Å². The van der Waals surface area contributed by atoms with Gasteiger partial charge in [0.2, 0.25) is 11.8 Å². The lowest BCUT2D eigenvalue weighted by molar-refractivity contribution is -0.152. The number of ether oxygens (including phenoxy) is 1. The Morgan fingerprint density at radius 3 is 2.34 bits per heavy atom. The lowest BCUT2D eigenvalue weighted by Crippen LogP contribution is -2.54. The molecule has 1 N–H and O–H groups in total. The van der Waals surface area contributed by atoms with E-state index in [1.807, 2.05) is 0 Å². The number of esters is 1. The predicted molar refractivity (Wildman–Crippen MR) is 101 cm³/mol. The summed E-state index contributed by atoms with van der Waals surface area (Å²) in [6.45, 7) is 0. The van der Waals surface area contributed by atoms with E-state index < -0.39 is 40.6 Å². The van der Waals surface area contributed by atoms with E-state index in [1.54, 1.807) is 42.5 Å². The maximum Gasteiger partial charge on any atom is 0.326 e. The molecule has 3 saturated heterocycles. The highest BCUT2D eigenvalue weighted by Crippen LogP contribution is 2.61. The van der Waals surface area contributed by atoms with E-state index in [-0.39, 0.29) is 5.91 Å². The number of hydrogen-bond acceptors (Lipinski definition) is 5. The van der Waals surface area contributed by atoms with Crippen LogP contribution in [0.3, 0.4) is 0 Å². The number of benzene rings is 2. The topological polar surface area (TPSA) is 75.7 Å². The number of rotatable bonds is 3. The molecule has 7 heteroatoms. The van der Waals surface area contributed by atoms with Crippen LogP contribution in [0.5, 0.6) is 0 Å². The number of para-hydroxylation sites is 1. The smallest absolute Gasteiger partial charge is 0.326 e. The van der Waals surface area contributed by atoms with Gasteiger partial charge in [-0.15, -0.1) is 0 Å². The first kappa shape index (κ1) is 18.0. The molecule has 0 aromatic heterocycles. The maximum atomic E-state index is 13.5. The van der Waals surface area contributed by atoms with Crippen molar-refractivity contribution < 1.29 is 23.5 Å². The third kappa shape index (κ3) is 2.16. The number of carbonyl (C=O) groups is 3. The van der Waals surface area contributed by atoms with Crippen molar-refractivity contribution in [3.8, 4) is 0 Å². The summed E-state index contributed by atoms with van der Waals surface area (Å²) < 4.78 is 18.6. The minimum Gasteiger partial charge on any atom is -0.468 e. The summed E-state index contributed by atoms with van der Waals surface area (Å²) in [7, 11) is 1.28. The van der Waals surface area contributed by atoms with Crippen molar-refractivity contribution >= 4 is 23.5 Å². The molecule has 4 atom stereocenters. The number of carbonyl (C=O) groups excluding carboxylic acids is 3. The molecule has 2 bridgehead atoms. The lowest BCUT2D eigenvalue weighted by Gasteiger charge is -2.33. The number of fused-ring (bicyclic) bond motifs is 5. The van der Waals surface area contributed by atoms with Gasteiger partial charge in [0.15, 0.2) is 0 Å². The Labute approximate surface area is 166 Å². The van der Waals surface area contributed by atoms with Gasteiger partial charge < -0.3 is 4.74 Å². The Hall–Kier alpha value is -3.06. The first-order valence-corrected chi connectivity index (χ1v) is 9.51. The molecule has 0 unspecified atom stereocenters. The summed E-state index contributed by atoms with van der Waals surface area (Å²) >= 11 is 0. The summed E-state index contributed by atoms with van der Waals surface area (Å²) in [5, 5.41) is 3.31. The Kier molecular flexibility index (Phi) is 3.70. The van der Waals surface area contributed by atoms with E-state index in [9.17, 15) is 18.8 Å². The molecule has 3 fully saturated rings. The third-order valence-electron chi connectivity index (χ3n) is 6.65. The van der Waals surface area contributed by atoms with Crippen LogP contribution in [0.2, 0.25) is 0 Å². The number of hydrogen-bond donors (Lipinski definition) is 1. The van der Waals surface area contributed by atoms with Gasteiger partial charge in [0, 0.05) is 0 Å². The molecule has 3 aliphatic heterocycles. The number of methoxy groups -OCH3 is 1. The second-order valence-corrected chi connectivity index (χ2v) is 7.87. The van der Waals surface area contributed by atoms with E-state index in [0.29, 0.717) is 24.1 Å². The van der Waals surface area contributed by atoms with Crippen LogP contribution in [0.1, 0.15) is 18.4 Å². The average molecular weight is 394 g/mol. The number of amides is 2. The number of halogens is 1. The van der Waals surface area contributed by atoms with Crippen molar-refractivity contribution in [3.63, 3.8) is 0 Å². The van der Waals surface area contributed by atoms with E-state index in [2.05, 4.69) is 5.32 Å². The van der Waals surface area contributed by atoms with Gasteiger partial charge in [-0.25, -0.2) is 9.29 Å². The van der Waals surface area contributed by atoms with E-state index in [1.165, 1.54) is 24.1 Å². The Morgan fingerprint density at radius 2 is 1.69 bits per heavy atom. The molecule has 0 radical (unpaired) electrons. The van der Waals surface area contributed by atoms with Crippen LogP contribution in [-0.4, -0.2) is 30.4 Å². The molecular weight excluding hydrogens is 375 g/mol. The van der Waals surface area contributed by atoms with Gasteiger partial charge in [-0.1, -0.05) is 30.3 Å². The molecule has 3 heterocycles. The minimum absolute atomic E-state index is 0.353. The summed E-state index contributed by atoms with van der Waals surface area (Å²) in [6.07, 6.45) is 0.830. The molecule has 3 aliphatic rings. The standard InChI is InChI=1S/C22H19FN2O4/c1-29-20(28)22-12-11-21(24-22,13-7-9-14(23)10-8-13)16-17(22)19(27)25(18(16)26)15-5-3-2-4-6-15/h2-10,16-17,24H,11-12H2,1H3/t16-,17+,21+,22+/m0/s1. The van der Waals surface area contributed by atoms with Crippen molar-refractivity contribution in [2.24, 2.45) is 11.8 Å². The number of nitrogens with one attached hydrogen (secondary N) is 1. The van der Waals surface area contributed by atoms with Crippen LogP contribution in [0.4, 0.5) is 10.1 Å². The molecule has 0 aliphatic carbocycles. The van der Waals surface area contributed by atoms with Crippen LogP contribution >= 0.6 is 0 Å². The van der Waals surface area contributed by atoms with Crippen molar-refractivity contribution in [3.05, 3.63) is 66.0 Å². The highest BCUT2D eigenvalue weighted by molar-refractivity contribution is 6.24. The highest BCUT2D eigenvalue weighted by atomic mass is 19.1. The number of nitrogens with zero attached hydrogens (tertiary/aromatic N) is 1. The maximum absolute atomic E-state index is 13.5. The molecule has 2 aromatic rings. The first-order chi connectivity index (χ1) is 13.9. The Morgan fingerprint density at radius 1 is 1.03 bits per heavy atom. The van der Waals surface area contributed by atoms with Gasteiger partial charge in [0.1, 0.15) is 11.4 Å². The summed E-state index contributed by atoms with van der Waals surface area (Å²) in [4.78, 5) is 41.0. The third-order valence-corrected chi connectivity index (χ3v) is 6.65. The second kappa shape index (κ2) is 5.97. The normalized spacial score (nSPS) is 32.6. The molecular formula is C22H19FN2O4.